The van der Waals surface area contributed by atoms with Gasteiger partial charge in [0.05, 0.1) is 25.4 Å². The van der Waals surface area contributed by atoms with Gasteiger partial charge in [0.15, 0.2) is 6.29 Å². The van der Waals surface area contributed by atoms with E-state index in [1.54, 1.807) is 6.08 Å². The van der Waals surface area contributed by atoms with Crippen LogP contribution in [0.2, 0.25) is 0 Å². The fraction of sp³-hybridized carbons (Fsp3) is 0.854. The van der Waals surface area contributed by atoms with E-state index in [2.05, 4.69) is 43.5 Å². The molecule has 0 aromatic rings. The number of carbonyl (C=O) groups excluding carboxylic acids is 1. The Balaban J connectivity index is 2.35. The second-order valence-electron chi connectivity index (χ2n) is 16.7. The molecular weight excluding hydrogens is 735 g/mol. The number of ether oxygens (including phenoxy) is 2. The number of aliphatic hydroxyl groups excluding tert-OH is 6. The Morgan fingerprint density at radius 1 is 0.603 bits per heavy atom. The molecule has 1 aliphatic rings. The number of amides is 1. The van der Waals surface area contributed by atoms with Gasteiger partial charge in [-0.15, -0.1) is 0 Å². The van der Waals surface area contributed by atoms with Crippen molar-refractivity contribution in [2.45, 2.75) is 249 Å². The predicted octanol–water partition coefficient (Wildman–Crippen LogP) is 9.03. The molecule has 1 amide bonds. The zero-order chi connectivity index (χ0) is 42.5. The number of carbonyl (C=O) groups is 1. The molecule has 8 atom stereocenters. The molecule has 10 nitrogen and oxygen atoms in total. The Bertz CT molecular complexity index is 1020. The van der Waals surface area contributed by atoms with Gasteiger partial charge < -0.3 is 45.4 Å². The summed E-state index contributed by atoms with van der Waals surface area (Å²) >= 11 is 0. The average Bonchev–Trinajstić information content (AvgIpc) is 3.22. The lowest BCUT2D eigenvalue weighted by atomic mass is 9.99. The molecule has 0 saturated carbocycles. The van der Waals surface area contributed by atoms with Crippen LogP contribution in [0.5, 0.6) is 0 Å². The van der Waals surface area contributed by atoms with Crippen LogP contribution in [0.3, 0.4) is 0 Å². The molecule has 1 aliphatic heterocycles. The van der Waals surface area contributed by atoms with Gasteiger partial charge in [0.25, 0.3) is 0 Å². The van der Waals surface area contributed by atoms with Crippen LogP contribution in [-0.4, -0.2) is 98.7 Å². The van der Waals surface area contributed by atoms with Gasteiger partial charge in [-0.3, -0.25) is 4.79 Å². The second-order valence-corrected chi connectivity index (χ2v) is 16.7. The molecule has 8 unspecified atom stereocenters. The molecule has 7 N–H and O–H groups in total. The number of nitrogens with one attached hydrogen (secondary N) is 1. The first-order valence-corrected chi connectivity index (χ1v) is 23.8. The van der Waals surface area contributed by atoms with Crippen molar-refractivity contribution in [3.8, 4) is 0 Å². The van der Waals surface area contributed by atoms with E-state index in [-0.39, 0.29) is 6.61 Å². The first kappa shape index (κ1) is 54.4. The average molecular weight is 824 g/mol. The summed E-state index contributed by atoms with van der Waals surface area (Å²) in [7, 11) is 0. The van der Waals surface area contributed by atoms with E-state index in [1.165, 1.54) is 109 Å². The van der Waals surface area contributed by atoms with Crippen LogP contribution in [0.25, 0.3) is 0 Å². The minimum atomic E-state index is -1.61. The Morgan fingerprint density at radius 2 is 1.05 bits per heavy atom. The lowest BCUT2D eigenvalue weighted by Crippen LogP contribution is -2.60. The van der Waals surface area contributed by atoms with E-state index >= 15 is 0 Å². The summed E-state index contributed by atoms with van der Waals surface area (Å²) < 4.78 is 11.1. The van der Waals surface area contributed by atoms with Crippen molar-refractivity contribution in [1.29, 1.82) is 0 Å². The molecule has 0 aromatic heterocycles. The fourth-order valence-corrected chi connectivity index (χ4v) is 7.37. The molecule has 0 spiro atoms. The number of hydrogen-bond acceptors (Lipinski definition) is 9. The zero-order valence-electron chi connectivity index (χ0n) is 36.9. The quantitative estimate of drug-likeness (QED) is 0.0236. The van der Waals surface area contributed by atoms with Gasteiger partial charge in [-0.1, -0.05) is 185 Å². The third kappa shape index (κ3) is 28.0. The number of rotatable bonds is 39. The summed E-state index contributed by atoms with van der Waals surface area (Å²) in [6.07, 6.45) is 36.6. The number of aliphatic hydroxyl groups is 6. The fourth-order valence-electron chi connectivity index (χ4n) is 7.37. The van der Waals surface area contributed by atoms with Gasteiger partial charge in [-0.25, -0.2) is 0 Å². The first-order valence-electron chi connectivity index (χ1n) is 23.8. The van der Waals surface area contributed by atoms with E-state index in [9.17, 15) is 35.4 Å². The van der Waals surface area contributed by atoms with Crippen LogP contribution in [0.15, 0.2) is 36.5 Å². The molecule has 340 valence electrons. The Kier molecular flexibility index (Phi) is 35.9. The van der Waals surface area contributed by atoms with Crippen molar-refractivity contribution < 1.29 is 44.9 Å². The van der Waals surface area contributed by atoms with Crippen LogP contribution in [0.4, 0.5) is 0 Å². The van der Waals surface area contributed by atoms with Gasteiger partial charge in [0.2, 0.25) is 5.91 Å². The van der Waals surface area contributed by atoms with E-state index in [4.69, 9.17) is 9.47 Å². The monoisotopic (exact) mass is 824 g/mol. The normalized spacial score (nSPS) is 21.7. The highest BCUT2D eigenvalue weighted by atomic mass is 16.7. The standard InChI is InChI=1S/C48H89NO9/c1-3-5-7-9-11-13-15-16-17-18-19-20-21-22-23-24-25-27-29-31-33-35-37-42(52)47(56)49-40(39-57-48-46(55)45(54)44(53)43(38-50)58-48)41(51)36-34-32-30-28-26-14-12-10-8-6-4-2/h19-20,22-23,34,36,40-46,48,50-55H,3-18,21,24-33,35,37-39H2,1-2H3,(H,49,56)/b20-19-,23-22-,36-34+. The zero-order valence-corrected chi connectivity index (χ0v) is 36.9. The second kappa shape index (κ2) is 38.3. The maximum Gasteiger partial charge on any atom is 0.249 e. The van der Waals surface area contributed by atoms with Gasteiger partial charge in [-0.05, 0) is 51.4 Å². The van der Waals surface area contributed by atoms with Crippen molar-refractivity contribution >= 4 is 5.91 Å². The topological polar surface area (TPSA) is 169 Å². The third-order valence-corrected chi connectivity index (χ3v) is 11.3. The largest absolute Gasteiger partial charge is 0.394 e. The van der Waals surface area contributed by atoms with Crippen LogP contribution in [-0.2, 0) is 14.3 Å². The maximum absolute atomic E-state index is 13.0. The van der Waals surface area contributed by atoms with E-state index < -0.39 is 61.5 Å². The van der Waals surface area contributed by atoms with Crippen molar-refractivity contribution in [1.82, 2.24) is 5.32 Å². The molecule has 0 aromatic carbocycles. The molecular formula is C48H89NO9. The van der Waals surface area contributed by atoms with Crippen molar-refractivity contribution in [2.24, 2.45) is 0 Å². The maximum atomic E-state index is 13.0. The number of hydrogen-bond donors (Lipinski definition) is 7. The van der Waals surface area contributed by atoms with Crippen LogP contribution in [0, 0.1) is 0 Å². The Morgan fingerprint density at radius 3 is 1.53 bits per heavy atom. The van der Waals surface area contributed by atoms with Gasteiger partial charge >= 0.3 is 0 Å². The van der Waals surface area contributed by atoms with Crippen molar-refractivity contribution in [2.75, 3.05) is 13.2 Å². The summed E-state index contributed by atoms with van der Waals surface area (Å²) in [5.41, 5.74) is 0. The Hall–Kier alpha value is -1.63. The molecule has 0 aliphatic carbocycles. The Labute approximate surface area is 354 Å². The molecule has 10 heteroatoms. The predicted molar refractivity (Wildman–Crippen MR) is 236 cm³/mol. The molecule has 1 saturated heterocycles. The lowest BCUT2D eigenvalue weighted by Gasteiger charge is -2.40. The van der Waals surface area contributed by atoms with Crippen LogP contribution >= 0.6 is 0 Å². The van der Waals surface area contributed by atoms with Gasteiger partial charge in [-0.2, -0.15) is 0 Å². The highest BCUT2D eigenvalue weighted by Gasteiger charge is 2.44. The third-order valence-electron chi connectivity index (χ3n) is 11.3. The molecule has 0 radical (unpaired) electrons. The minimum Gasteiger partial charge on any atom is -0.394 e. The summed E-state index contributed by atoms with van der Waals surface area (Å²) in [6.45, 7) is 3.58. The summed E-state index contributed by atoms with van der Waals surface area (Å²) in [6, 6.07) is -0.983. The van der Waals surface area contributed by atoms with E-state index in [1.807, 2.05) is 6.08 Å². The van der Waals surface area contributed by atoms with Gasteiger partial charge in [0, 0.05) is 0 Å². The SMILES string of the molecule is CCCCCCCCCCC/C=C\C/C=C\CCCCCCCCC(O)C(=O)NC(COC1OC(CO)C(O)C(O)C1O)C(O)/C=C/CCCCCCCCCCC. The summed E-state index contributed by atoms with van der Waals surface area (Å²) in [4.78, 5) is 13.0. The number of unbranched alkanes of at least 4 members (excludes halogenated alkanes) is 24. The van der Waals surface area contributed by atoms with Crippen molar-refractivity contribution in [3.05, 3.63) is 36.5 Å². The van der Waals surface area contributed by atoms with Gasteiger partial charge in [0.1, 0.15) is 30.5 Å². The molecule has 1 fully saturated rings. The smallest absolute Gasteiger partial charge is 0.249 e. The van der Waals surface area contributed by atoms with Crippen molar-refractivity contribution in [3.63, 3.8) is 0 Å². The van der Waals surface area contributed by atoms with E-state index in [0.29, 0.717) is 12.8 Å². The minimum absolute atomic E-state index is 0.298. The molecule has 1 heterocycles. The van der Waals surface area contributed by atoms with Crippen LogP contribution in [0.1, 0.15) is 200 Å². The highest BCUT2D eigenvalue weighted by molar-refractivity contribution is 5.80. The summed E-state index contributed by atoms with van der Waals surface area (Å²) in [5.74, 6) is -0.626. The highest BCUT2D eigenvalue weighted by Crippen LogP contribution is 2.23. The number of allylic oxidation sites excluding steroid dienone is 5. The molecule has 58 heavy (non-hydrogen) atoms. The lowest BCUT2D eigenvalue weighted by molar-refractivity contribution is -0.302. The van der Waals surface area contributed by atoms with Crippen LogP contribution < -0.4 is 5.32 Å². The molecule has 0 bridgehead atoms. The summed E-state index contributed by atoms with van der Waals surface area (Å²) in [5, 5.41) is 64.6. The first-order chi connectivity index (χ1) is 28.3. The van der Waals surface area contributed by atoms with E-state index in [0.717, 1.165) is 64.2 Å². The molecule has 1 rings (SSSR count).